The quantitative estimate of drug-likeness (QED) is 0.804. The van der Waals surface area contributed by atoms with Crippen LogP contribution in [0.25, 0.3) is 11.0 Å². The number of aromatic nitrogens is 3. The molecule has 1 heterocycles. The van der Waals surface area contributed by atoms with Crippen LogP contribution in [0.15, 0.2) is 18.2 Å². The van der Waals surface area contributed by atoms with E-state index < -0.39 is 5.97 Å². The first-order valence-corrected chi connectivity index (χ1v) is 6.23. The van der Waals surface area contributed by atoms with Gasteiger partial charge in [0.25, 0.3) is 0 Å². The second kappa shape index (κ2) is 5.79. The third-order valence-corrected chi connectivity index (χ3v) is 2.67. The Bertz CT molecular complexity index is 578. The van der Waals surface area contributed by atoms with Crippen molar-refractivity contribution in [3.8, 4) is 0 Å². The van der Waals surface area contributed by atoms with Gasteiger partial charge in [0, 0.05) is 6.61 Å². The Morgan fingerprint density at radius 2 is 2.26 bits per heavy atom. The molecule has 6 nitrogen and oxygen atoms in total. The highest BCUT2D eigenvalue weighted by Gasteiger charge is 2.13. The molecule has 0 radical (unpaired) electrons. The molecule has 1 aromatic carbocycles. The highest BCUT2D eigenvalue weighted by Crippen LogP contribution is 2.15. The van der Waals surface area contributed by atoms with Crippen LogP contribution in [0.3, 0.4) is 0 Å². The summed E-state index contributed by atoms with van der Waals surface area (Å²) in [5.41, 5.74) is 1.30. The number of ether oxygens (including phenoxy) is 1. The molecule has 0 aliphatic heterocycles. The van der Waals surface area contributed by atoms with Crippen molar-refractivity contribution in [3.05, 3.63) is 23.8 Å². The lowest BCUT2D eigenvalue weighted by molar-refractivity contribution is 0.0699. The first-order chi connectivity index (χ1) is 9.09. The van der Waals surface area contributed by atoms with Crippen LogP contribution in [0, 0.1) is 5.92 Å². The minimum atomic E-state index is -0.992. The van der Waals surface area contributed by atoms with Crippen molar-refractivity contribution in [2.75, 3.05) is 13.2 Å². The van der Waals surface area contributed by atoms with Gasteiger partial charge in [-0.1, -0.05) is 25.1 Å². The average molecular weight is 263 g/mol. The van der Waals surface area contributed by atoms with E-state index in [4.69, 9.17) is 9.84 Å². The van der Waals surface area contributed by atoms with Crippen molar-refractivity contribution < 1.29 is 14.6 Å². The maximum atomic E-state index is 11.1. The highest BCUT2D eigenvalue weighted by molar-refractivity contribution is 6.00. The maximum Gasteiger partial charge on any atom is 0.338 e. The average Bonchev–Trinajstić information content (AvgIpc) is 2.77. The Morgan fingerprint density at radius 3 is 2.95 bits per heavy atom. The third kappa shape index (κ3) is 3.08. The Balaban J connectivity index is 2.12. The normalized spacial score (nSPS) is 11.3. The highest BCUT2D eigenvalue weighted by atomic mass is 16.5. The molecule has 0 saturated heterocycles. The van der Waals surface area contributed by atoms with Crippen LogP contribution >= 0.6 is 0 Å². The van der Waals surface area contributed by atoms with E-state index in [1.807, 2.05) is 6.07 Å². The van der Waals surface area contributed by atoms with Gasteiger partial charge in [-0.2, -0.15) is 0 Å². The molecule has 0 fully saturated rings. The van der Waals surface area contributed by atoms with Crippen LogP contribution in [-0.2, 0) is 11.3 Å². The number of rotatable bonds is 6. The van der Waals surface area contributed by atoms with E-state index in [1.54, 1.807) is 10.7 Å². The van der Waals surface area contributed by atoms with Crippen LogP contribution in [0.4, 0.5) is 0 Å². The number of fused-ring (bicyclic) bond motifs is 1. The van der Waals surface area contributed by atoms with Crippen LogP contribution in [-0.4, -0.2) is 39.3 Å². The lowest BCUT2D eigenvalue weighted by Crippen LogP contribution is -2.10. The molecule has 2 rings (SSSR count). The number of nitrogens with zero attached hydrogens (tertiary/aromatic N) is 3. The molecule has 0 aliphatic carbocycles. The largest absolute Gasteiger partial charge is 0.478 e. The first-order valence-electron chi connectivity index (χ1n) is 6.23. The maximum absolute atomic E-state index is 11.1. The number of carboxylic acid groups (broad SMARTS) is 1. The van der Waals surface area contributed by atoms with E-state index in [9.17, 15) is 4.79 Å². The predicted molar refractivity (Wildman–Crippen MR) is 70.1 cm³/mol. The summed E-state index contributed by atoms with van der Waals surface area (Å²) in [6, 6.07) is 5.03. The molecule has 0 bridgehead atoms. The summed E-state index contributed by atoms with van der Waals surface area (Å²) in [7, 11) is 0. The third-order valence-electron chi connectivity index (χ3n) is 2.67. The molecule has 0 spiro atoms. The Hall–Kier alpha value is -1.95. The van der Waals surface area contributed by atoms with Gasteiger partial charge in [0.05, 0.1) is 24.2 Å². The van der Waals surface area contributed by atoms with E-state index in [0.717, 1.165) is 0 Å². The van der Waals surface area contributed by atoms with E-state index in [2.05, 4.69) is 24.2 Å². The fourth-order valence-corrected chi connectivity index (χ4v) is 1.80. The fraction of sp³-hybridized carbons (Fsp3) is 0.462. The van der Waals surface area contributed by atoms with Crippen LogP contribution in [0.2, 0.25) is 0 Å². The molecule has 0 unspecified atom stereocenters. The van der Waals surface area contributed by atoms with Gasteiger partial charge < -0.3 is 9.84 Å². The monoisotopic (exact) mass is 263 g/mol. The van der Waals surface area contributed by atoms with Gasteiger partial charge in [-0.25, -0.2) is 9.48 Å². The minimum absolute atomic E-state index is 0.173. The number of carboxylic acids is 1. The van der Waals surface area contributed by atoms with Crippen molar-refractivity contribution in [3.63, 3.8) is 0 Å². The van der Waals surface area contributed by atoms with Crippen molar-refractivity contribution in [1.82, 2.24) is 15.0 Å². The van der Waals surface area contributed by atoms with Gasteiger partial charge in [-0.15, -0.1) is 5.10 Å². The van der Waals surface area contributed by atoms with E-state index in [1.165, 1.54) is 6.07 Å². The molecule has 1 aromatic heterocycles. The molecular formula is C13H17N3O3. The van der Waals surface area contributed by atoms with Crippen molar-refractivity contribution in [2.45, 2.75) is 20.4 Å². The molecule has 0 aliphatic rings. The fourth-order valence-electron chi connectivity index (χ4n) is 1.80. The summed E-state index contributed by atoms with van der Waals surface area (Å²) in [6.45, 7) is 5.97. The molecule has 1 N–H and O–H groups in total. The zero-order valence-corrected chi connectivity index (χ0v) is 11.0. The summed E-state index contributed by atoms with van der Waals surface area (Å²) >= 11 is 0. The molecule has 0 atom stereocenters. The topological polar surface area (TPSA) is 77.2 Å². The Labute approximate surface area is 111 Å². The van der Waals surface area contributed by atoms with E-state index >= 15 is 0 Å². The van der Waals surface area contributed by atoms with Gasteiger partial charge >= 0.3 is 5.97 Å². The smallest absolute Gasteiger partial charge is 0.338 e. The Morgan fingerprint density at radius 1 is 1.47 bits per heavy atom. The lowest BCUT2D eigenvalue weighted by atomic mass is 10.2. The van der Waals surface area contributed by atoms with Gasteiger partial charge in [0.15, 0.2) is 0 Å². The molecule has 0 amide bonds. The summed E-state index contributed by atoms with van der Waals surface area (Å²) in [4.78, 5) is 11.1. The number of carbonyl (C=O) groups is 1. The second-order valence-corrected chi connectivity index (χ2v) is 4.76. The molecular weight excluding hydrogens is 246 g/mol. The number of benzene rings is 1. The number of hydrogen-bond donors (Lipinski definition) is 1. The summed E-state index contributed by atoms with van der Waals surface area (Å²) in [5.74, 6) is -0.500. The standard InChI is InChI=1S/C13H17N3O3/c1-9(2)8-19-7-6-16-11-5-3-4-10(13(17)18)12(11)14-15-16/h3-5,9H,6-8H2,1-2H3,(H,17,18). The Kier molecular flexibility index (Phi) is 4.11. The second-order valence-electron chi connectivity index (χ2n) is 4.76. The summed E-state index contributed by atoms with van der Waals surface area (Å²) < 4.78 is 7.16. The lowest BCUT2D eigenvalue weighted by Gasteiger charge is -2.07. The zero-order chi connectivity index (χ0) is 13.8. The van der Waals surface area contributed by atoms with Crippen LogP contribution < -0.4 is 0 Å². The van der Waals surface area contributed by atoms with Gasteiger partial charge in [0.2, 0.25) is 0 Å². The van der Waals surface area contributed by atoms with Gasteiger partial charge in [0.1, 0.15) is 5.52 Å². The molecule has 102 valence electrons. The number of aromatic carboxylic acids is 1. The predicted octanol–water partition coefficient (Wildman–Crippen LogP) is 1.80. The van der Waals surface area contributed by atoms with E-state index in [0.29, 0.717) is 36.7 Å². The van der Waals surface area contributed by atoms with Gasteiger partial charge in [-0.3, -0.25) is 0 Å². The minimum Gasteiger partial charge on any atom is -0.478 e. The summed E-state index contributed by atoms with van der Waals surface area (Å²) in [5, 5.41) is 17.0. The molecule has 6 heteroatoms. The van der Waals surface area contributed by atoms with Gasteiger partial charge in [-0.05, 0) is 18.1 Å². The molecule has 2 aromatic rings. The van der Waals surface area contributed by atoms with Crippen molar-refractivity contribution in [2.24, 2.45) is 5.92 Å². The first kappa shape index (κ1) is 13.5. The number of hydrogen-bond acceptors (Lipinski definition) is 4. The van der Waals surface area contributed by atoms with Crippen molar-refractivity contribution >= 4 is 17.0 Å². The SMILES string of the molecule is CC(C)COCCn1nnc2c(C(=O)O)cccc21. The van der Waals surface area contributed by atoms with Crippen molar-refractivity contribution in [1.29, 1.82) is 0 Å². The molecule has 0 saturated carbocycles. The zero-order valence-electron chi connectivity index (χ0n) is 11.0. The van der Waals surface area contributed by atoms with Crippen LogP contribution in [0.5, 0.6) is 0 Å². The summed E-state index contributed by atoms with van der Waals surface area (Å²) in [6.07, 6.45) is 0. The molecule has 19 heavy (non-hydrogen) atoms. The van der Waals surface area contributed by atoms with E-state index in [-0.39, 0.29) is 5.56 Å². The van der Waals surface area contributed by atoms with Crippen LogP contribution in [0.1, 0.15) is 24.2 Å².